The van der Waals surface area contributed by atoms with Crippen LogP contribution in [0, 0.1) is 0 Å². The van der Waals surface area contributed by atoms with Gasteiger partial charge in [0.25, 0.3) is 0 Å². The number of nitrogens with zero attached hydrogens (tertiary/aromatic N) is 1. The minimum absolute atomic E-state index is 0.254. The summed E-state index contributed by atoms with van der Waals surface area (Å²) in [5, 5.41) is 11.9. The van der Waals surface area contributed by atoms with Gasteiger partial charge in [0.1, 0.15) is 11.5 Å². The number of phenolic OH excluding ortho intramolecular Hbond substituents is 1. The Labute approximate surface area is 287 Å². The van der Waals surface area contributed by atoms with E-state index in [1.807, 2.05) is 12.1 Å². The van der Waals surface area contributed by atoms with E-state index in [-0.39, 0.29) is 5.75 Å². The second kappa shape index (κ2) is 12.7. The summed E-state index contributed by atoms with van der Waals surface area (Å²) >= 11 is 0. The molecule has 5 heteroatoms. The summed E-state index contributed by atoms with van der Waals surface area (Å²) in [6, 6.07) is 32.7. The van der Waals surface area contributed by atoms with Gasteiger partial charge in [-0.3, -0.25) is 0 Å². The van der Waals surface area contributed by atoms with E-state index in [2.05, 4.69) is 114 Å². The first kappa shape index (κ1) is 30.6. The zero-order valence-corrected chi connectivity index (χ0v) is 27.9. The fourth-order valence-corrected chi connectivity index (χ4v) is 7.42. The molecule has 1 atom stereocenters. The van der Waals surface area contributed by atoms with Gasteiger partial charge in [-0.15, -0.1) is 0 Å². The highest BCUT2D eigenvalue weighted by atomic mass is 16.5. The molecule has 1 fully saturated rings. The van der Waals surface area contributed by atoms with E-state index in [9.17, 15) is 5.11 Å². The summed E-state index contributed by atoms with van der Waals surface area (Å²) in [5.41, 5.74) is 7.95. The van der Waals surface area contributed by atoms with Crippen LogP contribution in [0.25, 0.3) is 39.1 Å². The van der Waals surface area contributed by atoms with Gasteiger partial charge in [-0.1, -0.05) is 78.9 Å². The fourth-order valence-electron chi connectivity index (χ4n) is 7.42. The third kappa shape index (κ3) is 5.55. The lowest BCUT2D eigenvalue weighted by molar-refractivity contribution is 0.154. The summed E-state index contributed by atoms with van der Waals surface area (Å²) < 4.78 is 18.9. The maximum atomic E-state index is 9.79. The monoisotopic (exact) mass is 645 g/mol. The first-order chi connectivity index (χ1) is 24.1. The van der Waals surface area contributed by atoms with Crippen LogP contribution >= 0.6 is 0 Å². The fraction of sp³-hybridized carbons (Fsp3) is 0.182. The summed E-state index contributed by atoms with van der Waals surface area (Å²) in [6.45, 7) is 2.21. The average molecular weight is 646 g/mol. The van der Waals surface area contributed by atoms with Crippen LogP contribution in [-0.4, -0.2) is 37.3 Å². The molecular formula is C44H39NO4. The van der Waals surface area contributed by atoms with Gasteiger partial charge in [-0.25, -0.2) is 0 Å². The highest BCUT2D eigenvalue weighted by Crippen LogP contribution is 2.49. The summed E-state index contributed by atoms with van der Waals surface area (Å²) in [5.74, 6) is 2.40. The highest BCUT2D eigenvalue weighted by molar-refractivity contribution is 6.05. The molecule has 1 unspecified atom stereocenters. The van der Waals surface area contributed by atoms with Gasteiger partial charge in [0.2, 0.25) is 0 Å². The maximum absolute atomic E-state index is 9.79. The molecule has 5 aromatic carbocycles. The lowest BCUT2D eigenvalue weighted by Crippen LogP contribution is -2.35. The molecule has 2 aliphatic heterocycles. The van der Waals surface area contributed by atoms with Crippen molar-refractivity contribution in [1.29, 1.82) is 0 Å². The predicted octanol–water partition coefficient (Wildman–Crippen LogP) is 10.1. The number of aromatic hydroxyl groups is 1. The Morgan fingerprint density at radius 2 is 1.37 bits per heavy atom. The second-order valence-corrected chi connectivity index (χ2v) is 12.8. The molecule has 244 valence electrons. The van der Waals surface area contributed by atoms with Crippen LogP contribution in [0.3, 0.4) is 0 Å². The quantitative estimate of drug-likeness (QED) is 0.191. The molecule has 1 saturated heterocycles. The molecule has 5 aromatic rings. The Morgan fingerprint density at radius 1 is 0.714 bits per heavy atom. The van der Waals surface area contributed by atoms with E-state index in [0.29, 0.717) is 11.5 Å². The molecule has 2 heterocycles. The summed E-state index contributed by atoms with van der Waals surface area (Å²) in [4.78, 5) is 2.48. The Morgan fingerprint density at radius 3 is 2.06 bits per heavy atom. The lowest BCUT2D eigenvalue weighted by atomic mass is 9.80. The smallest absolute Gasteiger partial charge is 0.174 e. The molecule has 0 amide bonds. The minimum Gasteiger partial charge on any atom is -0.508 e. The van der Waals surface area contributed by atoms with Crippen molar-refractivity contribution in [3.8, 4) is 45.3 Å². The molecular weight excluding hydrogens is 606 g/mol. The van der Waals surface area contributed by atoms with E-state index < -0.39 is 5.60 Å². The number of hydrogen-bond donors (Lipinski definition) is 1. The van der Waals surface area contributed by atoms with Gasteiger partial charge in [0.05, 0.1) is 14.2 Å². The van der Waals surface area contributed by atoms with E-state index >= 15 is 0 Å². The van der Waals surface area contributed by atoms with Crippen LogP contribution < -0.4 is 14.2 Å². The first-order valence-electron chi connectivity index (χ1n) is 17.0. The number of hydrogen-bond acceptors (Lipinski definition) is 5. The normalized spacial score (nSPS) is 18.4. The number of fused-ring (bicyclic) bond motifs is 3. The zero-order valence-electron chi connectivity index (χ0n) is 27.9. The third-order valence-corrected chi connectivity index (χ3v) is 10.0. The molecule has 0 spiro atoms. The van der Waals surface area contributed by atoms with Crippen molar-refractivity contribution in [2.75, 3.05) is 27.3 Å². The lowest BCUT2D eigenvalue weighted by Gasteiger charge is -2.38. The molecule has 5 nitrogen and oxygen atoms in total. The maximum Gasteiger partial charge on any atom is 0.174 e. The van der Waals surface area contributed by atoms with Crippen molar-refractivity contribution < 1.29 is 19.3 Å². The van der Waals surface area contributed by atoms with Gasteiger partial charge in [-0.2, -0.15) is 0 Å². The number of benzene rings is 5. The third-order valence-electron chi connectivity index (χ3n) is 10.0. The number of likely N-dealkylation sites (tertiary alicyclic amines) is 1. The Kier molecular flexibility index (Phi) is 7.96. The first-order valence-corrected chi connectivity index (χ1v) is 17.0. The zero-order chi connectivity index (χ0) is 33.4. The minimum atomic E-state index is -0.792. The van der Waals surface area contributed by atoms with Crippen LogP contribution in [0.5, 0.6) is 23.0 Å². The number of phenols is 1. The molecule has 8 rings (SSSR count). The van der Waals surface area contributed by atoms with Crippen LogP contribution in [0.1, 0.15) is 30.4 Å². The van der Waals surface area contributed by atoms with Crippen molar-refractivity contribution in [2.45, 2.75) is 24.9 Å². The van der Waals surface area contributed by atoms with Crippen molar-refractivity contribution in [3.63, 3.8) is 0 Å². The number of allylic oxidation sites excluding steroid dienone is 4. The van der Waals surface area contributed by atoms with E-state index in [4.69, 9.17) is 14.2 Å². The molecule has 0 radical (unpaired) electrons. The van der Waals surface area contributed by atoms with Gasteiger partial charge < -0.3 is 24.2 Å². The van der Waals surface area contributed by atoms with Gasteiger partial charge in [-0.05, 0) is 112 Å². The largest absolute Gasteiger partial charge is 0.508 e. The second-order valence-electron chi connectivity index (χ2n) is 12.8. The average Bonchev–Trinajstić information content (AvgIpc) is 3.58. The van der Waals surface area contributed by atoms with E-state index in [1.165, 1.54) is 24.1 Å². The van der Waals surface area contributed by atoms with Gasteiger partial charge in [0.15, 0.2) is 17.1 Å². The SMILES string of the molecule is COc1cc2c(-c3ccc(-c4ccc(O)cc4)cc3)cc3c(c2cc1OC)C=CC(C1=CC=C(N2CCCC2)C=CC1)(c1ccccc1)O3. The van der Waals surface area contributed by atoms with Gasteiger partial charge in [0, 0.05) is 29.9 Å². The van der Waals surface area contributed by atoms with Gasteiger partial charge >= 0.3 is 0 Å². The van der Waals surface area contributed by atoms with Crippen molar-refractivity contribution in [3.05, 3.63) is 150 Å². The van der Waals surface area contributed by atoms with Crippen LogP contribution in [-0.2, 0) is 5.60 Å². The number of rotatable bonds is 7. The Bertz CT molecular complexity index is 2140. The van der Waals surface area contributed by atoms with E-state index in [1.54, 1.807) is 26.4 Å². The van der Waals surface area contributed by atoms with E-state index in [0.717, 1.165) is 69.4 Å². The molecule has 0 aromatic heterocycles. The van der Waals surface area contributed by atoms with Crippen molar-refractivity contribution in [1.82, 2.24) is 4.90 Å². The Hall–Kier alpha value is -5.68. The van der Waals surface area contributed by atoms with Crippen LogP contribution in [0.15, 0.2) is 139 Å². The summed E-state index contributed by atoms with van der Waals surface area (Å²) in [6.07, 6.45) is 16.8. The molecule has 0 bridgehead atoms. The highest BCUT2D eigenvalue weighted by Gasteiger charge is 2.39. The number of methoxy groups -OCH3 is 2. The molecule has 1 N–H and O–H groups in total. The predicted molar refractivity (Wildman–Crippen MR) is 198 cm³/mol. The van der Waals surface area contributed by atoms with Crippen molar-refractivity contribution >= 4 is 16.8 Å². The van der Waals surface area contributed by atoms with Crippen molar-refractivity contribution in [2.24, 2.45) is 0 Å². The molecule has 49 heavy (non-hydrogen) atoms. The summed E-state index contributed by atoms with van der Waals surface area (Å²) in [7, 11) is 3.34. The standard InChI is InChI=1S/C44H39NO4/c1-47-42-28-39-37-23-24-44(33-9-4-3-5-10-33,34-11-8-12-35(20-19-34)45-25-6-7-26-45)49-41(37)27-38(40(39)29-43(42)48-2)32-15-13-30(14-16-32)31-17-21-36(46)22-18-31/h3-5,8-10,12-24,27-29,46H,6-7,11,25-26H2,1-2H3. The van der Waals surface area contributed by atoms with Crippen LogP contribution in [0.2, 0.25) is 0 Å². The molecule has 0 saturated carbocycles. The molecule has 3 aliphatic rings. The van der Waals surface area contributed by atoms with Crippen LogP contribution in [0.4, 0.5) is 0 Å². The Balaban J connectivity index is 1.29. The molecule has 1 aliphatic carbocycles. The topological polar surface area (TPSA) is 51.2 Å². The number of ether oxygens (including phenoxy) is 3.